The fourth-order valence-electron chi connectivity index (χ4n) is 1.12. The number of nitrogens with one attached hydrogen (secondary N) is 1. The van der Waals surface area contributed by atoms with Crippen LogP contribution in [-0.2, 0) is 4.79 Å². The fraction of sp³-hybridized carbons (Fsp3) is 0.750. The summed E-state index contributed by atoms with van der Waals surface area (Å²) < 4.78 is 0. The first-order valence-electron chi connectivity index (χ1n) is 5.37. The van der Waals surface area contributed by atoms with Crippen molar-refractivity contribution in [3.05, 3.63) is 0 Å². The van der Waals surface area contributed by atoms with Crippen molar-refractivity contribution in [2.24, 2.45) is 0 Å². The lowest BCUT2D eigenvalue weighted by Crippen LogP contribution is -2.45. The Morgan fingerprint density at radius 1 is 1.47 bits per heavy atom. The monoisotopic (exact) mass is 210 g/mol. The SMILES string of the molecule is C#CCN(CCC)C(=O)CNC(C)(C)C. The number of amides is 1. The van der Waals surface area contributed by atoms with Gasteiger partial charge in [0, 0.05) is 12.1 Å². The molecule has 1 N–H and O–H groups in total. The van der Waals surface area contributed by atoms with Crippen molar-refractivity contribution in [2.75, 3.05) is 19.6 Å². The molecule has 0 atom stereocenters. The van der Waals surface area contributed by atoms with Crippen LogP contribution in [0.4, 0.5) is 0 Å². The van der Waals surface area contributed by atoms with Gasteiger partial charge in [0.15, 0.2) is 0 Å². The molecule has 0 bridgehead atoms. The molecule has 0 saturated heterocycles. The number of rotatable bonds is 5. The van der Waals surface area contributed by atoms with E-state index in [1.165, 1.54) is 0 Å². The summed E-state index contributed by atoms with van der Waals surface area (Å²) in [5, 5.41) is 3.16. The fourth-order valence-corrected chi connectivity index (χ4v) is 1.12. The summed E-state index contributed by atoms with van der Waals surface area (Å²) in [5.74, 6) is 2.58. The van der Waals surface area contributed by atoms with Crippen molar-refractivity contribution >= 4 is 5.91 Å². The van der Waals surface area contributed by atoms with E-state index in [1.54, 1.807) is 4.90 Å². The summed E-state index contributed by atoms with van der Waals surface area (Å²) >= 11 is 0. The van der Waals surface area contributed by atoms with Gasteiger partial charge >= 0.3 is 0 Å². The van der Waals surface area contributed by atoms with Crippen LogP contribution in [0.2, 0.25) is 0 Å². The molecule has 0 fully saturated rings. The van der Waals surface area contributed by atoms with E-state index in [0.717, 1.165) is 13.0 Å². The Bertz CT molecular complexity index is 235. The van der Waals surface area contributed by atoms with Crippen LogP contribution in [0.25, 0.3) is 0 Å². The smallest absolute Gasteiger partial charge is 0.237 e. The minimum absolute atomic E-state index is 0.0380. The number of carbonyl (C=O) groups excluding carboxylic acids is 1. The van der Waals surface area contributed by atoms with Crippen LogP contribution in [0.5, 0.6) is 0 Å². The van der Waals surface area contributed by atoms with E-state index in [4.69, 9.17) is 6.42 Å². The van der Waals surface area contributed by atoms with Crippen molar-refractivity contribution in [1.29, 1.82) is 0 Å². The molecule has 0 aromatic heterocycles. The first-order chi connectivity index (χ1) is 6.90. The molecule has 0 aliphatic heterocycles. The molecule has 3 heteroatoms. The predicted octanol–water partition coefficient (Wildman–Crippen LogP) is 1.25. The predicted molar refractivity (Wildman–Crippen MR) is 63.5 cm³/mol. The lowest BCUT2D eigenvalue weighted by molar-refractivity contribution is -0.130. The Balaban J connectivity index is 4.09. The molecule has 86 valence electrons. The van der Waals surface area contributed by atoms with Gasteiger partial charge in [-0.25, -0.2) is 0 Å². The van der Waals surface area contributed by atoms with Gasteiger partial charge in [-0.1, -0.05) is 12.8 Å². The topological polar surface area (TPSA) is 32.3 Å². The van der Waals surface area contributed by atoms with Crippen molar-refractivity contribution in [3.8, 4) is 12.3 Å². The molecule has 1 amide bonds. The summed E-state index contributed by atoms with van der Waals surface area (Å²) in [6.45, 7) is 9.62. The van der Waals surface area contributed by atoms with Gasteiger partial charge in [0.1, 0.15) is 0 Å². The third-order valence-corrected chi connectivity index (χ3v) is 1.90. The van der Waals surface area contributed by atoms with Crippen LogP contribution in [0.3, 0.4) is 0 Å². The quantitative estimate of drug-likeness (QED) is 0.693. The number of nitrogens with zero attached hydrogens (tertiary/aromatic N) is 1. The summed E-state index contributed by atoms with van der Waals surface area (Å²) in [6.07, 6.45) is 6.15. The lowest BCUT2D eigenvalue weighted by atomic mass is 10.1. The standard InChI is InChI=1S/C12H22N2O/c1-6-8-14(9-7-2)11(15)10-13-12(3,4)5/h1,13H,7-10H2,2-5H3. The van der Waals surface area contributed by atoms with Crippen molar-refractivity contribution in [1.82, 2.24) is 10.2 Å². The Morgan fingerprint density at radius 3 is 2.47 bits per heavy atom. The number of carbonyl (C=O) groups is 1. The van der Waals surface area contributed by atoms with Gasteiger partial charge in [-0.05, 0) is 27.2 Å². The average Bonchev–Trinajstić information content (AvgIpc) is 2.13. The second-order valence-corrected chi connectivity index (χ2v) is 4.62. The zero-order valence-corrected chi connectivity index (χ0v) is 10.3. The second-order valence-electron chi connectivity index (χ2n) is 4.62. The van der Waals surface area contributed by atoms with E-state index >= 15 is 0 Å². The van der Waals surface area contributed by atoms with Gasteiger partial charge in [0.25, 0.3) is 0 Å². The molecule has 0 aliphatic carbocycles. The van der Waals surface area contributed by atoms with Crippen molar-refractivity contribution in [2.45, 2.75) is 39.7 Å². The van der Waals surface area contributed by atoms with Crippen LogP contribution >= 0.6 is 0 Å². The van der Waals surface area contributed by atoms with Gasteiger partial charge in [-0.3, -0.25) is 4.79 Å². The largest absolute Gasteiger partial charge is 0.330 e. The Kier molecular flexibility index (Phi) is 6.03. The molecule has 0 heterocycles. The number of hydrogen-bond donors (Lipinski definition) is 1. The van der Waals surface area contributed by atoms with Crippen LogP contribution in [-0.4, -0.2) is 36.0 Å². The van der Waals surface area contributed by atoms with E-state index in [-0.39, 0.29) is 11.4 Å². The first kappa shape index (κ1) is 14.0. The molecule has 0 rings (SSSR count). The molecule has 0 aromatic carbocycles. The maximum Gasteiger partial charge on any atom is 0.237 e. The van der Waals surface area contributed by atoms with Crippen LogP contribution in [0.1, 0.15) is 34.1 Å². The first-order valence-corrected chi connectivity index (χ1v) is 5.37. The summed E-state index contributed by atoms with van der Waals surface area (Å²) in [5.41, 5.74) is -0.0380. The van der Waals surface area contributed by atoms with Crippen LogP contribution in [0, 0.1) is 12.3 Å². The Hall–Kier alpha value is -1.01. The molecule has 0 saturated carbocycles. The van der Waals surface area contributed by atoms with Gasteiger partial charge < -0.3 is 10.2 Å². The highest BCUT2D eigenvalue weighted by Gasteiger charge is 2.15. The van der Waals surface area contributed by atoms with Crippen molar-refractivity contribution < 1.29 is 4.79 Å². The van der Waals surface area contributed by atoms with Gasteiger partial charge in [0.05, 0.1) is 13.1 Å². The summed E-state index contributed by atoms with van der Waals surface area (Å²) in [4.78, 5) is 13.4. The van der Waals surface area contributed by atoms with E-state index in [1.807, 2.05) is 27.7 Å². The number of hydrogen-bond acceptors (Lipinski definition) is 2. The minimum Gasteiger partial charge on any atom is -0.330 e. The summed E-state index contributed by atoms with van der Waals surface area (Å²) in [6, 6.07) is 0. The summed E-state index contributed by atoms with van der Waals surface area (Å²) in [7, 11) is 0. The lowest BCUT2D eigenvalue weighted by Gasteiger charge is -2.24. The Morgan fingerprint density at radius 2 is 2.07 bits per heavy atom. The van der Waals surface area contributed by atoms with E-state index in [2.05, 4.69) is 11.2 Å². The highest BCUT2D eigenvalue weighted by molar-refractivity contribution is 5.78. The van der Waals surface area contributed by atoms with Crippen LogP contribution < -0.4 is 5.32 Å². The molecule has 0 spiro atoms. The molecule has 0 radical (unpaired) electrons. The highest BCUT2D eigenvalue weighted by atomic mass is 16.2. The van der Waals surface area contributed by atoms with Crippen molar-refractivity contribution in [3.63, 3.8) is 0 Å². The zero-order valence-electron chi connectivity index (χ0n) is 10.3. The molecule has 15 heavy (non-hydrogen) atoms. The van der Waals surface area contributed by atoms with Gasteiger partial charge in [-0.2, -0.15) is 0 Å². The van der Waals surface area contributed by atoms with Gasteiger partial charge in [-0.15, -0.1) is 6.42 Å². The van der Waals surface area contributed by atoms with E-state index in [0.29, 0.717) is 13.1 Å². The van der Waals surface area contributed by atoms with E-state index < -0.39 is 0 Å². The Labute approximate surface area is 93.2 Å². The van der Waals surface area contributed by atoms with Crippen LogP contribution in [0.15, 0.2) is 0 Å². The maximum atomic E-state index is 11.7. The molecular weight excluding hydrogens is 188 g/mol. The molecule has 0 unspecified atom stereocenters. The average molecular weight is 210 g/mol. The molecule has 3 nitrogen and oxygen atoms in total. The maximum absolute atomic E-state index is 11.7. The molecular formula is C12H22N2O. The van der Waals surface area contributed by atoms with E-state index in [9.17, 15) is 4.79 Å². The third kappa shape index (κ3) is 6.98. The van der Waals surface area contributed by atoms with Gasteiger partial charge in [0.2, 0.25) is 5.91 Å². The minimum atomic E-state index is -0.0380. The molecule has 0 aromatic rings. The zero-order chi connectivity index (χ0) is 11.9. The highest BCUT2D eigenvalue weighted by Crippen LogP contribution is 1.99. The number of terminal acetylenes is 1. The third-order valence-electron chi connectivity index (χ3n) is 1.90. The molecule has 0 aliphatic rings. The second kappa shape index (κ2) is 6.47. The normalized spacial score (nSPS) is 10.9.